The van der Waals surface area contributed by atoms with Gasteiger partial charge in [-0.15, -0.1) is 0 Å². The van der Waals surface area contributed by atoms with E-state index >= 15 is 0 Å². The minimum atomic E-state index is -0.773. The average Bonchev–Trinajstić information content (AvgIpc) is 2.69. The van der Waals surface area contributed by atoms with Crippen LogP contribution in [0.4, 0.5) is 5.69 Å². The number of esters is 2. The molecular formula is C17H15ClN2O6. The number of nitrogens with zero attached hydrogens (tertiary/aromatic N) is 2. The van der Waals surface area contributed by atoms with Crippen LogP contribution in [0, 0.1) is 0 Å². The van der Waals surface area contributed by atoms with Crippen molar-refractivity contribution >= 4 is 40.1 Å². The smallest absolute Gasteiger partial charge is 0.355 e. The first-order valence-corrected chi connectivity index (χ1v) is 7.88. The zero-order chi connectivity index (χ0) is 18.8. The van der Waals surface area contributed by atoms with Crippen molar-refractivity contribution in [2.75, 3.05) is 32.5 Å². The molecule has 0 aliphatic carbocycles. The lowest BCUT2D eigenvalue weighted by Crippen LogP contribution is -2.38. The summed E-state index contributed by atoms with van der Waals surface area (Å²) in [4.78, 5) is 29.8. The van der Waals surface area contributed by atoms with E-state index in [4.69, 9.17) is 25.8 Å². The highest BCUT2D eigenvalue weighted by Gasteiger charge is 2.34. The molecular weight excluding hydrogens is 364 g/mol. The summed E-state index contributed by atoms with van der Waals surface area (Å²) in [6.45, 7) is -0.235. The van der Waals surface area contributed by atoms with Gasteiger partial charge in [0.25, 0.3) is 0 Å². The second-order valence-electron chi connectivity index (χ2n) is 5.34. The molecule has 0 saturated heterocycles. The van der Waals surface area contributed by atoms with Gasteiger partial charge in [-0.1, -0.05) is 11.6 Å². The molecule has 0 amide bonds. The van der Waals surface area contributed by atoms with E-state index in [1.807, 2.05) is 0 Å². The lowest BCUT2D eigenvalue weighted by molar-refractivity contribution is -0.140. The molecule has 0 spiro atoms. The normalized spacial score (nSPS) is 14.5. The molecule has 0 fully saturated rings. The quantitative estimate of drug-likeness (QED) is 0.810. The summed E-state index contributed by atoms with van der Waals surface area (Å²) in [5.41, 5.74) is 0.293. The number of halogens is 1. The molecule has 2 aromatic rings. The lowest BCUT2D eigenvalue weighted by atomic mass is 10.1. The monoisotopic (exact) mass is 378 g/mol. The molecule has 8 nitrogen and oxygen atoms in total. The number of ether oxygens (including phenoxy) is 3. The molecule has 9 heteroatoms. The predicted molar refractivity (Wildman–Crippen MR) is 92.8 cm³/mol. The van der Waals surface area contributed by atoms with Crippen LogP contribution in [0.25, 0.3) is 10.9 Å². The van der Waals surface area contributed by atoms with Crippen molar-refractivity contribution in [3.8, 4) is 5.75 Å². The van der Waals surface area contributed by atoms with E-state index in [0.29, 0.717) is 10.4 Å². The summed E-state index contributed by atoms with van der Waals surface area (Å²) in [5.74, 6) is -1.72. The van der Waals surface area contributed by atoms with Crippen LogP contribution in [-0.4, -0.2) is 49.6 Å². The number of carbonyl (C=O) groups is 2. The van der Waals surface area contributed by atoms with Gasteiger partial charge < -0.3 is 24.2 Å². The Labute approximate surface area is 153 Å². The molecule has 1 aromatic heterocycles. The maximum absolute atomic E-state index is 12.3. The van der Waals surface area contributed by atoms with Gasteiger partial charge in [0.15, 0.2) is 5.75 Å². The van der Waals surface area contributed by atoms with E-state index in [-0.39, 0.29) is 41.6 Å². The number of anilines is 1. The minimum absolute atomic E-state index is 0.0257. The predicted octanol–water partition coefficient (Wildman–Crippen LogP) is 1.99. The van der Waals surface area contributed by atoms with Gasteiger partial charge in [-0.05, 0) is 18.2 Å². The number of rotatable bonds is 3. The molecule has 0 unspecified atom stereocenters. The Balaban J connectivity index is 2.24. The number of pyridine rings is 1. The molecule has 1 N–H and O–H groups in total. The SMILES string of the molecule is COC(=O)C1=C(C(=O)OC)N(c2cc(Cl)c3cccnc3c2O)COC1. The number of fused-ring (bicyclic) bond motifs is 1. The van der Waals surface area contributed by atoms with E-state index in [0.717, 1.165) is 0 Å². The Morgan fingerprint density at radius 2 is 2.04 bits per heavy atom. The van der Waals surface area contributed by atoms with Gasteiger partial charge in [-0.25, -0.2) is 9.59 Å². The number of aromatic nitrogens is 1. The number of benzene rings is 1. The van der Waals surface area contributed by atoms with Crippen LogP contribution in [0.1, 0.15) is 0 Å². The molecule has 0 atom stereocenters. The minimum Gasteiger partial charge on any atom is -0.504 e. The van der Waals surface area contributed by atoms with Gasteiger partial charge >= 0.3 is 11.9 Å². The van der Waals surface area contributed by atoms with Gasteiger partial charge in [0.2, 0.25) is 0 Å². The fourth-order valence-corrected chi connectivity index (χ4v) is 2.97. The highest BCUT2D eigenvalue weighted by Crippen LogP contribution is 2.41. The third-order valence-corrected chi connectivity index (χ3v) is 4.23. The third kappa shape index (κ3) is 2.93. The molecule has 0 radical (unpaired) electrons. The molecule has 2 heterocycles. The standard InChI is InChI=1S/C17H15ClN2O6/c1-24-16(22)10-7-26-8-20(14(10)17(23)25-2)12-6-11(18)9-4-3-5-19-13(9)15(12)21/h3-6,21H,7-8H2,1-2H3. The van der Waals surface area contributed by atoms with Gasteiger partial charge in [-0.3, -0.25) is 4.98 Å². The van der Waals surface area contributed by atoms with E-state index in [1.165, 1.54) is 31.4 Å². The van der Waals surface area contributed by atoms with Crippen LogP contribution in [-0.2, 0) is 23.8 Å². The van der Waals surface area contributed by atoms with Gasteiger partial charge in [0.05, 0.1) is 37.1 Å². The third-order valence-electron chi connectivity index (χ3n) is 3.92. The van der Waals surface area contributed by atoms with Gasteiger partial charge in [0, 0.05) is 11.6 Å². The van der Waals surface area contributed by atoms with Crippen molar-refractivity contribution in [3.05, 3.63) is 40.7 Å². The molecule has 3 rings (SSSR count). The van der Waals surface area contributed by atoms with Crippen LogP contribution in [0.3, 0.4) is 0 Å². The van der Waals surface area contributed by atoms with Crippen LogP contribution >= 0.6 is 11.6 Å². The summed E-state index contributed by atoms with van der Waals surface area (Å²) < 4.78 is 14.9. The maximum atomic E-state index is 12.3. The van der Waals surface area contributed by atoms with Crippen molar-refractivity contribution in [2.24, 2.45) is 0 Å². The Hall–Kier alpha value is -2.84. The number of hydrogen-bond acceptors (Lipinski definition) is 8. The summed E-state index contributed by atoms with van der Waals surface area (Å²) in [5, 5.41) is 11.5. The first kappa shape index (κ1) is 18.0. The molecule has 1 aromatic carbocycles. The molecule has 1 aliphatic rings. The van der Waals surface area contributed by atoms with E-state index in [2.05, 4.69) is 4.98 Å². The van der Waals surface area contributed by atoms with Crippen molar-refractivity contribution in [3.63, 3.8) is 0 Å². The largest absolute Gasteiger partial charge is 0.504 e. The van der Waals surface area contributed by atoms with Crippen LogP contribution in [0.2, 0.25) is 5.02 Å². The van der Waals surface area contributed by atoms with Crippen LogP contribution in [0.5, 0.6) is 5.75 Å². The second-order valence-corrected chi connectivity index (χ2v) is 5.75. The molecule has 26 heavy (non-hydrogen) atoms. The van der Waals surface area contributed by atoms with E-state index in [9.17, 15) is 14.7 Å². The fraction of sp³-hybridized carbons (Fsp3) is 0.235. The lowest BCUT2D eigenvalue weighted by Gasteiger charge is -2.31. The summed E-state index contributed by atoms with van der Waals surface area (Å²) in [7, 11) is 2.38. The van der Waals surface area contributed by atoms with Crippen LogP contribution < -0.4 is 4.90 Å². The first-order valence-electron chi connectivity index (χ1n) is 7.50. The van der Waals surface area contributed by atoms with Crippen molar-refractivity contribution < 1.29 is 28.9 Å². The Bertz CT molecular complexity index is 927. The summed E-state index contributed by atoms with van der Waals surface area (Å²) in [6, 6.07) is 4.86. The number of hydrogen-bond donors (Lipinski definition) is 1. The van der Waals surface area contributed by atoms with Gasteiger partial charge in [0.1, 0.15) is 17.9 Å². The number of methoxy groups -OCH3 is 2. The van der Waals surface area contributed by atoms with Crippen molar-refractivity contribution in [1.82, 2.24) is 4.98 Å². The van der Waals surface area contributed by atoms with Crippen molar-refractivity contribution in [2.45, 2.75) is 0 Å². The summed E-state index contributed by atoms with van der Waals surface area (Å²) in [6.07, 6.45) is 1.51. The second kappa shape index (κ2) is 7.19. The number of carbonyl (C=O) groups excluding carboxylic acids is 2. The highest BCUT2D eigenvalue weighted by atomic mass is 35.5. The maximum Gasteiger partial charge on any atom is 0.355 e. The van der Waals surface area contributed by atoms with Gasteiger partial charge in [-0.2, -0.15) is 0 Å². The Morgan fingerprint density at radius 3 is 2.73 bits per heavy atom. The number of phenols is 1. The Kier molecular flexibility index (Phi) is 4.97. The zero-order valence-corrected chi connectivity index (χ0v) is 14.7. The first-order chi connectivity index (χ1) is 12.5. The molecule has 136 valence electrons. The van der Waals surface area contributed by atoms with E-state index < -0.39 is 11.9 Å². The highest BCUT2D eigenvalue weighted by molar-refractivity contribution is 6.36. The zero-order valence-electron chi connectivity index (χ0n) is 14.0. The van der Waals surface area contributed by atoms with Crippen LogP contribution in [0.15, 0.2) is 35.7 Å². The topological polar surface area (TPSA) is 98.2 Å². The molecule has 0 bridgehead atoms. The average molecular weight is 379 g/mol. The fourth-order valence-electron chi connectivity index (χ4n) is 2.71. The van der Waals surface area contributed by atoms with Crippen molar-refractivity contribution in [1.29, 1.82) is 0 Å². The summed E-state index contributed by atoms with van der Waals surface area (Å²) >= 11 is 6.30. The Morgan fingerprint density at radius 1 is 1.31 bits per heavy atom. The number of phenolic OH excluding ortho intramolecular Hbond substituents is 1. The number of aromatic hydroxyl groups is 1. The van der Waals surface area contributed by atoms with E-state index in [1.54, 1.807) is 12.1 Å². The molecule has 1 aliphatic heterocycles. The molecule has 0 saturated carbocycles.